The number of thioether (sulfide) groups is 1. The third kappa shape index (κ3) is 3.59. The molecule has 0 unspecified atom stereocenters. The maximum Gasteiger partial charge on any atom is 0.276 e. The van der Waals surface area contributed by atoms with Gasteiger partial charge in [-0.2, -0.15) is 4.31 Å². The van der Waals surface area contributed by atoms with Crippen LogP contribution in [-0.4, -0.2) is 25.8 Å². The molecule has 1 aliphatic rings. The first-order valence-corrected chi connectivity index (χ1v) is 10.2. The number of rotatable bonds is 5. The van der Waals surface area contributed by atoms with Gasteiger partial charge in [0.05, 0.1) is 5.75 Å². The van der Waals surface area contributed by atoms with Crippen molar-refractivity contribution in [3.63, 3.8) is 0 Å². The first-order valence-electron chi connectivity index (χ1n) is 7.03. The van der Waals surface area contributed by atoms with Crippen LogP contribution < -0.4 is 0 Å². The molecule has 1 fully saturated rings. The molecule has 1 aromatic heterocycles. The molecule has 0 amide bonds. The first-order chi connectivity index (χ1) is 10.6. The molecule has 7 heteroatoms. The molecule has 0 saturated carbocycles. The number of furan rings is 1. The Balaban J connectivity index is 1.68. The van der Waals surface area contributed by atoms with Crippen LogP contribution in [0.1, 0.15) is 18.6 Å². The van der Waals surface area contributed by atoms with Crippen molar-refractivity contribution in [2.24, 2.45) is 0 Å². The van der Waals surface area contributed by atoms with Crippen molar-refractivity contribution in [1.29, 1.82) is 0 Å². The average molecular weight is 402 g/mol. The Bertz CT molecular complexity index is 752. The maximum atomic E-state index is 12.4. The highest BCUT2D eigenvalue weighted by atomic mass is 79.9. The topological polar surface area (TPSA) is 50.5 Å². The van der Waals surface area contributed by atoms with Crippen LogP contribution in [0.3, 0.4) is 0 Å². The summed E-state index contributed by atoms with van der Waals surface area (Å²) in [4.78, 5) is 1.11. The van der Waals surface area contributed by atoms with Crippen LogP contribution >= 0.6 is 27.7 Å². The molecule has 1 aliphatic heterocycles. The summed E-state index contributed by atoms with van der Waals surface area (Å²) >= 11 is 5.05. The highest BCUT2D eigenvalue weighted by Crippen LogP contribution is 2.28. The summed E-state index contributed by atoms with van der Waals surface area (Å²) in [5.74, 6) is 1.27. The monoisotopic (exact) mass is 401 g/mol. The Morgan fingerprint density at radius 3 is 2.68 bits per heavy atom. The van der Waals surface area contributed by atoms with Gasteiger partial charge < -0.3 is 4.42 Å². The third-order valence-corrected chi connectivity index (χ3v) is 6.76. The Hall–Kier alpha value is -0.760. The first kappa shape index (κ1) is 16.1. The number of halogens is 1. The smallest absolute Gasteiger partial charge is 0.276 e. The second kappa shape index (κ2) is 6.78. The highest BCUT2D eigenvalue weighted by Gasteiger charge is 2.29. The third-order valence-electron chi connectivity index (χ3n) is 3.47. The lowest BCUT2D eigenvalue weighted by Crippen LogP contribution is -2.27. The number of hydrogen-bond acceptors (Lipinski definition) is 4. The van der Waals surface area contributed by atoms with Crippen LogP contribution in [-0.2, 0) is 15.8 Å². The van der Waals surface area contributed by atoms with E-state index in [1.165, 1.54) is 4.31 Å². The Kier molecular flexibility index (Phi) is 4.97. The van der Waals surface area contributed by atoms with E-state index in [2.05, 4.69) is 15.9 Å². The van der Waals surface area contributed by atoms with Gasteiger partial charge in [0.15, 0.2) is 0 Å². The Morgan fingerprint density at radius 2 is 1.95 bits per heavy atom. The molecular formula is C15H16BrNO3S2. The summed E-state index contributed by atoms with van der Waals surface area (Å²) in [5.41, 5.74) is 0. The van der Waals surface area contributed by atoms with Gasteiger partial charge in [0.1, 0.15) is 5.76 Å². The van der Waals surface area contributed by atoms with Gasteiger partial charge in [0.25, 0.3) is 10.0 Å². The second-order valence-corrected chi connectivity index (χ2v) is 8.91. The number of hydrogen-bond donors (Lipinski definition) is 0. The Labute approximate surface area is 143 Å². The van der Waals surface area contributed by atoms with Crippen LogP contribution in [0.5, 0.6) is 0 Å². The lowest BCUT2D eigenvalue weighted by Gasteiger charge is -2.12. The van der Waals surface area contributed by atoms with Crippen LogP contribution in [0, 0.1) is 0 Å². The largest absolute Gasteiger partial charge is 0.447 e. The highest BCUT2D eigenvalue weighted by molar-refractivity contribution is 9.10. The van der Waals surface area contributed by atoms with E-state index in [1.807, 2.05) is 24.3 Å². The van der Waals surface area contributed by atoms with E-state index in [4.69, 9.17) is 4.42 Å². The predicted molar refractivity (Wildman–Crippen MR) is 90.4 cm³/mol. The van der Waals surface area contributed by atoms with Crippen molar-refractivity contribution >= 4 is 37.7 Å². The minimum absolute atomic E-state index is 0.0549. The van der Waals surface area contributed by atoms with E-state index in [0.717, 1.165) is 22.2 Å². The molecule has 4 nitrogen and oxygen atoms in total. The molecular weight excluding hydrogens is 386 g/mol. The van der Waals surface area contributed by atoms with Gasteiger partial charge in [-0.3, -0.25) is 0 Å². The van der Waals surface area contributed by atoms with Crippen molar-refractivity contribution in [2.75, 3.05) is 13.1 Å². The molecule has 0 bridgehead atoms. The quantitative estimate of drug-likeness (QED) is 0.706. The van der Waals surface area contributed by atoms with Crippen LogP contribution in [0.4, 0.5) is 0 Å². The van der Waals surface area contributed by atoms with Gasteiger partial charge in [0, 0.05) is 22.5 Å². The summed E-state index contributed by atoms with van der Waals surface area (Å²) in [6.07, 6.45) is 1.84. The number of benzene rings is 1. The van der Waals surface area contributed by atoms with Crippen molar-refractivity contribution in [1.82, 2.24) is 4.31 Å². The van der Waals surface area contributed by atoms with E-state index in [0.29, 0.717) is 24.6 Å². The lowest BCUT2D eigenvalue weighted by molar-refractivity contribution is 0.397. The summed E-state index contributed by atoms with van der Waals surface area (Å²) in [5, 5.41) is 0.0549. The van der Waals surface area contributed by atoms with E-state index < -0.39 is 10.0 Å². The summed E-state index contributed by atoms with van der Waals surface area (Å²) in [7, 11) is -3.46. The lowest BCUT2D eigenvalue weighted by atomic mass is 10.4. The van der Waals surface area contributed by atoms with Gasteiger partial charge in [-0.25, -0.2) is 8.42 Å². The van der Waals surface area contributed by atoms with Gasteiger partial charge >= 0.3 is 0 Å². The second-order valence-electron chi connectivity index (χ2n) is 5.08. The van der Waals surface area contributed by atoms with Crippen LogP contribution in [0.25, 0.3) is 0 Å². The molecule has 3 rings (SSSR count). The molecule has 0 spiro atoms. The molecule has 2 heterocycles. The van der Waals surface area contributed by atoms with Gasteiger partial charge in [-0.05, 0) is 43.2 Å². The minimum Gasteiger partial charge on any atom is -0.447 e. The van der Waals surface area contributed by atoms with Crippen molar-refractivity contribution in [3.05, 3.63) is 46.6 Å². The van der Waals surface area contributed by atoms with Crippen molar-refractivity contribution in [3.8, 4) is 0 Å². The van der Waals surface area contributed by atoms with Crippen LogP contribution in [0.15, 0.2) is 55.3 Å². The van der Waals surface area contributed by atoms with Gasteiger partial charge in [0.2, 0.25) is 5.09 Å². The number of sulfonamides is 1. The fourth-order valence-corrected chi connectivity index (χ4v) is 5.19. The molecule has 0 radical (unpaired) electrons. The van der Waals surface area contributed by atoms with E-state index in [1.54, 1.807) is 23.9 Å². The number of nitrogens with zero attached hydrogens (tertiary/aromatic N) is 1. The van der Waals surface area contributed by atoms with Crippen molar-refractivity contribution < 1.29 is 12.8 Å². The zero-order valence-electron chi connectivity index (χ0n) is 11.9. The van der Waals surface area contributed by atoms with Gasteiger partial charge in [-0.1, -0.05) is 22.0 Å². The zero-order chi connectivity index (χ0) is 15.6. The van der Waals surface area contributed by atoms with E-state index in [9.17, 15) is 8.42 Å². The molecule has 118 valence electrons. The fraction of sp³-hybridized carbons (Fsp3) is 0.333. The van der Waals surface area contributed by atoms with E-state index in [-0.39, 0.29) is 5.09 Å². The fourth-order valence-electron chi connectivity index (χ4n) is 2.34. The van der Waals surface area contributed by atoms with Crippen LogP contribution in [0.2, 0.25) is 0 Å². The summed E-state index contributed by atoms with van der Waals surface area (Å²) in [6, 6.07) is 11.3. The average Bonchev–Trinajstić information content (AvgIpc) is 3.17. The standard InChI is InChI=1S/C15H16BrNO3S2/c16-12-4-3-5-14(10-12)21-11-13-6-7-15(20-13)22(18,19)17-8-1-2-9-17/h3-7,10H,1-2,8-9,11H2. The summed E-state index contributed by atoms with van der Waals surface area (Å²) in [6.45, 7) is 1.18. The Morgan fingerprint density at radius 1 is 1.18 bits per heavy atom. The summed E-state index contributed by atoms with van der Waals surface area (Å²) < 4.78 is 32.8. The SMILES string of the molecule is O=S(=O)(c1ccc(CSc2cccc(Br)c2)o1)N1CCCC1. The minimum atomic E-state index is -3.46. The maximum absolute atomic E-state index is 12.4. The molecule has 22 heavy (non-hydrogen) atoms. The zero-order valence-corrected chi connectivity index (χ0v) is 15.1. The predicted octanol–water partition coefficient (Wildman–Crippen LogP) is 4.12. The molecule has 0 atom stereocenters. The molecule has 1 aromatic carbocycles. The van der Waals surface area contributed by atoms with Gasteiger partial charge in [-0.15, -0.1) is 11.8 Å². The van der Waals surface area contributed by atoms with Crippen molar-refractivity contribution in [2.45, 2.75) is 28.6 Å². The molecule has 2 aromatic rings. The van der Waals surface area contributed by atoms with E-state index >= 15 is 0 Å². The normalized spacial score (nSPS) is 16.2. The molecule has 1 saturated heterocycles. The molecule has 0 aliphatic carbocycles. The molecule has 0 N–H and O–H groups in total.